The first kappa shape index (κ1) is 14.5. The zero-order valence-electron chi connectivity index (χ0n) is 12.5. The summed E-state index contributed by atoms with van der Waals surface area (Å²) in [5, 5.41) is 16.1. The van der Waals surface area contributed by atoms with E-state index < -0.39 is 0 Å². The van der Waals surface area contributed by atoms with E-state index in [0.717, 1.165) is 30.1 Å². The van der Waals surface area contributed by atoms with Crippen LogP contribution in [0.3, 0.4) is 0 Å². The Labute approximate surface area is 119 Å². The van der Waals surface area contributed by atoms with E-state index in [-0.39, 0.29) is 0 Å². The SMILES string of the molecule is Cc1nnc(C(C)CCC(C)c2ccnnc2)nc1C. The van der Waals surface area contributed by atoms with Crippen LogP contribution in [0.1, 0.15) is 61.3 Å². The van der Waals surface area contributed by atoms with Crippen molar-refractivity contribution in [2.75, 3.05) is 0 Å². The van der Waals surface area contributed by atoms with Crippen molar-refractivity contribution >= 4 is 0 Å². The van der Waals surface area contributed by atoms with Crippen LogP contribution in [0.2, 0.25) is 0 Å². The van der Waals surface area contributed by atoms with Gasteiger partial charge in [0.25, 0.3) is 0 Å². The van der Waals surface area contributed by atoms with Crippen LogP contribution in [0.4, 0.5) is 0 Å². The summed E-state index contributed by atoms with van der Waals surface area (Å²) in [6.07, 6.45) is 5.69. The molecule has 2 unspecified atom stereocenters. The van der Waals surface area contributed by atoms with Gasteiger partial charge in [0.1, 0.15) is 0 Å². The lowest BCUT2D eigenvalue weighted by Crippen LogP contribution is -2.07. The second-order valence-corrected chi connectivity index (χ2v) is 5.40. The van der Waals surface area contributed by atoms with Crippen molar-refractivity contribution in [2.45, 2.75) is 52.4 Å². The Bertz CT molecular complexity index is 555. The third-order valence-electron chi connectivity index (χ3n) is 3.76. The van der Waals surface area contributed by atoms with Gasteiger partial charge in [-0.1, -0.05) is 13.8 Å². The number of hydrogen-bond acceptors (Lipinski definition) is 5. The number of nitrogens with zero attached hydrogens (tertiary/aromatic N) is 5. The molecule has 0 aliphatic carbocycles. The third kappa shape index (κ3) is 3.56. The number of aromatic nitrogens is 5. The highest BCUT2D eigenvalue weighted by molar-refractivity contribution is 5.11. The second-order valence-electron chi connectivity index (χ2n) is 5.40. The van der Waals surface area contributed by atoms with Crippen LogP contribution in [0.25, 0.3) is 0 Å². The van der Waals surface area contributed by atoms with Crippen molar-refractivity contribution in [3.63, 3.8) is 0 Å². The topological polar surface area (TPSA) is 64.5 Å². The van der Waals surface area contributed by atoms with Crippen LogP contribution in [-0.2, 0) is 0 Å². The molecule has 5 nitrogen and oxygen atoms in total. The van der Waals surface area contributed by atoms with Crippen molar-refractivity contribution in [1.82, 2.24) is 25.4 Å². The van der Waals surface area contributed by atoms with Crippen LogP contribution in [0.5, 0.6) is 0 Å². The lowest BCUT2D eigenvalue weighted by Gasteiger charge is -2.14. The highest BCUT2D eigenvalue weighted by atomic mass is 15.2. The van der Waals surface area contributed by atoms with Crippen molar-refractivity contribution in [3.8, 4) is 0 Å². The van der Waals surface area contributed by atoms with E-state index in [1.54, 1.807) is 6.20 Å². The van der Waals surface area contributed by atoms with Gasteiger partial charge in [0.15, 0.2) is 5.82 Å². The van der Waals surface area contributed by atoms with Crippen molar-refractivity contribution in [1.29, 1.82) is 0 Å². The summed E-state index contributed by atoms with van der Waals surface area (Å²) < 4.78 is 0. The maximum absolute atomic E-state index is 4.53. The Morgan fingerprint density at radius 1 is 0.950 bits per heavy atom. The minimum absolute atomic E-state index is 0.319. The molecular formula is C15H21N5. The Balaban J connectivity index is 1.95. The van der Waals surface area contributed by atoms with Gasteiger partial charge in [0, 0.05) is 12.1 Å². The molecule has 5 heteroatoms. The summed E-state index contributed by atoms with van der Waals surface area (Å²) >= 11 is 0. The van der Waals surface area contributed by atoms with Gasteiger partial charge in [-0.3, -0.25) is 0 Å². The summed E-state index contributed by atoms with van der Waals surface area (Å²) in [5.74, 6) is 1.62. The molecule has 2 heterocycles. The molecule has 0 N–H and O–H groups in total. The summed E-state index contributed by atoms with van der Waals surface area (Å²) in [6.45, 7) is 8.28. The Morgan fingerprint density at radius 2 is 1.70 bits per heavy atom. The maximum atomic E-state index is 4.53. The average molecular weight is 271 g/mol. The van der Waals surface area contributed by atoms with Gasteiger partial charge in [-0.2, -0.15) is 15.3 Å². The first-order chi connectivity index (χ1) is 9.58. The summed E-state index contributed by atoms with van der Waals surface area (Å²) in [7, 11) is 0. The molecule has 2 aromatic heterocycles. The Morgan fingerprint density at radius 3 is 2.35 bits per heavy atom. The standard InChI is InChI=1S/C15H21N5/c1-10(14-7-8-16-17-9-14)5-6-11(2)15-18-12(3)13(4)19-20-15/h7-11H,5-6H2,1-4H3. The van der Waals surface area contributed by atoms with Gasteiger partial charge in [-0.15, -0.1) is 5.10 Å². The highest BCUT2D eigenvalue weighted by Gasteiger charge is 2.13. The number of aryl methyl sites for hydroxylation is 2. The lowest BCUT2D eigenvalue weighted by atomic mass is 9.93. The molecule has 0 radical (unpaired) electrons. The molecule has 0 bridgehead atoms. The molecule has 2 rings (SSSR count). The molecule has 0 fully saturated rings. The molecule has 0 aliphatic heterocycles. The summed E-state index contributed by atoms with van der Waals surface area (Å²) in [4.78, 5) is 4.53. The van der Waals surface area contributed by atoms with Crippen molar-refractivity contribution < 1.29 is 0 Å². The van der Waals surface area contributed by atoms with Crippen LogP contribution in [0, 0.1) is 13.8 Å². The van der Waals surface area contributed by atoms with E-state index in [1.165, 1.54) is 5.56 Å². The van der Waals surface area contributed by atoms with Gasteiger partial charge in [0.2, 0.25) is 0 Å². The third-order valence-corrected chi connectivity index (χ3v) is 3.76. The second kappa shape index (κ2) is 6.50. The van der Waals surface area contributed by atoms with Crippen molar-refractivity contribution in [2.24, 2.45) is 0 Å². The van der Waals surface area contributed by atoms with Gasteiger partial charge in [-0.05, 0) is 44.2 Å². The molecule has 0 amide bonds. The average Bonchev–Trinajstić information content (AvgIpc) is 2.48. The van der Waals surface area contributed by atoms with Crippen LogP contribution >= 0.6 is 0 Å². The van der Waals surface area contributed by atoms with Gasteiger partial charge >= 0.3 is 0 Å². The fourth-order valence-corrected chi connectivity index (χ4v) is 2.07. The lowest BCUT2D eigenvalue weighted by molar-refractivity contribution is 0.544. The zero-order valence-corrected chi connectivity index (χ0v) is 12.5. The molecule has 0 saturated heterocycles. The van der Waals surface area contributed by atoms with Crippen LogP contribution < -0.4 is 0 Å². The van der Waals surface area contributed by atoms with E-state index in [1.807, 2.05) is 26.1 Å². The zero-order chi connectivity index (χ0) is 14.5. The quantitative estimate of drug-likeness (QED) is 0.836. The molecule has 0 aromatic carbocycles. The highest BCUT2D eigenvalue weighted by Crippen LogP contribution is 2.25. The molecule has 0 spiro atoms. The predicted octanol–water partition coefficient (Wildman–Crippen LogP) is 2.97. The van der Waals surface area contributed by atoms with Crippen LogP contribution in [-0.4, -0.2) is 25.4 Å². The number of hydrogen-bond donors (Lipinski definition) is 0. The predicted molar refractivity (Wildman–Crippen MR) is 77.4 cm³/mol. The Kier molecular flexibility index (Phi) is 4.71. The molecule has 0 aliphatic rings. The molecule has 106 valence electrons. The van der Waals surface area contributed by atoms with Gasteiger partial charge in [-0.25, -0.2) is 4.98 Å². The van der Waals surface area contributed by atoms with E-state index in [0.29, 0.717) is 11.8 Å². The largest absolute Gasteiger partial charge is 0.234 e. The minimum atomic E-state index is 0.319. The van der Waals surface area contributed by atoms with E-state index in [2.05, 4.69) is 39.2 Å². The monoisotopic (exact) mass is 271 g/mol. The minimum Gasteiger partial charge on any atom is -0.234 e. The molecular weight excluding hydrogens is 250 g/mol. The maximum Gasteiger partial charge on any atom is 0.153 e. The molecule has 20 heavy (non-hydrogen) atoms. The smallest absolute Gasteiger partial charge is 0.153 e. The van der Waals surface area contributed by atoms with Crippen LogP contribution in [0.15, 0.2) is 18.5 Å². The summed E-state index contributed by atoms with van der Waals surface area (Å²) in [6, 6.07) is 2.02. The fraction of sp³-hybridized carbons (Fsp3) is 0.533. The molecule has 2 atom stereocenters. The summed E-state index contributed by atoms with van der Waals surface area (Å²) in [5.41, 5.74) is 3.09. The van der Waals surface area contributed by atoms with E-state index in [4.69, 9.17) is 0 Å². The first-order valence-corrected chi connectivity index (χ1v) is 7.02. The molecule has 2 aromatic rings. The first-order valence-electron chi connectivity index (χ1n) is 7.02. The van der Waals surface area contributed by atoms with Gasteiger partial charge < -0.3 is 0 Å². The normalized spacial score (nSPS) is 14.0. The molecule has 0 saturated carbocycles. The van der Waals surface area contributed by atoms with Gasteiger partial charge in [0.05, 0.1) is 17.6 Å². The Hall–Kier alpha value is -1.91. The van der Waals surface area contributed by atoms with Crippen molar-refractivity contribution in [3.05, 3.63) is 41.2 Å². The number of rotatable bonds is 5. The van der Waals surface area contributed by atoms with E-state index in [9.17, 15) is 0 Å². The fourth-order valence-electron chi connectivity index (χ4n) is 2.07. The van der Waals surface area contributed by atoms with E-state index >= 15 is 0 Å².